The van der Waals surface area contributed by atoms with Gasteiger partial charge in [0.2, 0.25) is 11.9 Å². The van der Waals surface area contributed by atoms with Crippen molar-refractivity contribution in [3.05, 3.63) is 54.9 Å². The van der Waals surface area contributed by atoms with Crippen LogP contribution in [-0.2, 0) is 0 Å². The van der Waals surface area contributed by atoms with Crippen LogP contribution in [0, 0.1) is 5.92 Å². The number of hydrogen-bond donors (Lipinski definition) is 2. The Morgan fingerprint density at radius 2 is 1.70 bits per heavy atom. The molecule has 5 rings (SSSR count). The zero-order valence-electron chi connectivity index (χ0n) is 27.7. The first kappa shape index (κ1) is 35.1. The van der Waals surface area contributed by atoms with Crippen molar-refractivity contribution in [3.63, 3.8) is 0 Å². The highest BCUT2D eigenvalue weighted by Gasteiger charge is 2.32. The summed E-state index contributed by atoms with van der Waals surface area (Å²) in [5, 5.41) is 4.25. The summed E-state index contributed by atoms with van der Waals surface area (Å²) in [6.45, 7) is 13.7. The second-order valence-corrected chi connectivity index (χ2v) is 9.77. The molecule has 0 radical (unpaired) electrons. The lowest BCUT2D eigenvalue weighted by molar-refractivity contribution is 0.0891. The molecule has 0 unspecified atom stereocenters. The Labute approximate surface area is 258 Å². The van der Waals surface area contributed by atoms with Gasteiger partial charge in [0.05, 0.1) is 35.4 Å². The fourth-order valence-corrected chi connectivity index (χ4v) is 4.44. The van der Waals surface area contributed by atoms with E-state index in [0.29, 0.717) is 23.1 Å². The molecule has 0 aliphatic heterocycles. The summed E-state index contributed by atoms with van der Waals surface area (Å²) in [5.74, 6) is 1.32. The number of benzene rings is 2. The molecule has 1 saturated carbocycles. The number of aromatic nitrogens is 3. The van der Waals surface area contributed by atoms with Crippen molar-refractivity contribution in [2.45, 2.75) is 54.4 Å². The van der Waals surface area contributed by atoms with Gasteiger partial charge in [0.15, 0.2) is 0 Å². The minimum atomic E-state index is 0.120. The maximum atomic E-state index is 12.9. The lowest BCUT2D eigenvalue weighted by Gasteiger charge is -2.24. The summed E-state index contributed by atoms with van der Waals surface area (Å²) in [7, 11) is 7.73. The summed E-state index contributed by atoms with van der Waals surface area (Å²) in [5.41, 5.74) is 11.1. The van der Waals surface area contributed by atoms with E-state index in [1.807, 2.05) is 111 Å². The quantitative estimate of drug-likeness (QED) is 0.193. The zero-order valence-corrected chi connectivity index (χ0v) is 27.7. The third-order valence-electron chi connectivity index (χ3n) is 6.70. The maximum Gasteiger partial charge on any atom is 0.234 e. The van der Waals surface area contributed by atoms with Crippen molar-refractivity contribution in [1.29, 1.82) is 0 Å². The molecule has 1 aliphatic carbocycles. The summed E-state index contributed by atoms with van der Waals surface area (Å²) in [6.07, 6.45) is 5.52. The molecule has 2 aromatic heterocycles. The Bertz CT molecular complexity index is 1440. The molecule has 0 amide bonds. The van der Waals surface area contributed by atoms with Crippen LogP contribution in [0.25, 0.3) is 22.2 Å². The number of hydrogen-bond acceptors (Lipinski definition) is 8. The molecule has 2 aromatic carbocycles. The van der Waals surface area contributed by atoms with Gasteiger partial charge < -0.3 is 25.6 Å². The molecular weight excluding hydrogens is 538 g/mol. The van der Waals surface area contributed by atoms with Crippen LogP contribution < -0.4 is 20.7 Å². The highest BCUT2D eigenvalue weighted by molar-refractivity contribution is 6.02. The van der Waals surface area contributed by atoms with Gasteiger partial charge in [-0.1, -0.05) is 59.7 Å². The smallest absolute Gasteiger partial charge is 0.234 e. The first-order valence-electron chi connectivity index (χ1n) is 15.4. The van der Waals surface area contributed by atoms with Gasteiger partial charge in [0, 0.05) is 55.5 Å². The second-order valence-electron chi connectivity index (χ2n) is 9.77. The lowest BCUT2D eigenvalue weighted by Crippen LogP contribution is -2.29. The van der Waals surface area contributed by atoms with Crippen molar-refractivity contribution in [2.24, 2.45) is 5.92 Å². The van der Waals surface area contributed by atoms with Gasteiger partial charge in [-0.15, -0.1) is 0 Å². The summed E-state index contributed by atoms with van der Waals surface area (Å²) in [4.78, 5) is 26.3. The maximum absolute atomic E-state index is 12.9. The number of nitrogens with one attached hydrogen (secondary N) is 1. The molecule has 2 heterocycles. The predicted octanol–water partition coefficient (Wildman–Crippen LogP) is 7.56. The van der Waals surface area contributed by atoms with Crippen LogP contribution in [-0.4, -0.2) is 66.7 Å². The third kappa shape index (κ3) is 8.70. The predicted molar refractivity (Wildman–Crippen MR) is 183 cm³/mol. The van der Waals surface area contributed by atoms with Crippen LogP contribution in [0.4, 0.5) is 23.0 Å². The van der Waals surface area contributed by atoms with E-state index in [-0.39, 0.29) is 11.8 Å². The Hall–Kier alpha value is -4.11. The average Bonchev–Trinajstić information content (AvgIpc) is 3.83. The molecule has 1 aliphatic rings. The number of carbonyl (C=O) groups excluding carboxylic acids is 1. The van der Waals surface area contributed by atoms with Crippen LogP contribution in [0.15, 0.2) is 54.9 Å². The van der Waals surface area contributed by atoms with Gasteiger partial charge in [-0.25, -0.2) is 9.97 Å². The Morgan fingerprint density at radius 1 is 1.02 bits per heavy atom. The van der Waals surface area contributed by atoms with Crippen LogP contribution in [0.5, 0.6) is 5.75 Å². The van der Waals surface area contributed by atoms with Gasteiger partial charge in [-0.2, -0.15) is 0 Å². The fourth-order valence-electron chi connectivity index (χ4n) is 4.44. The normalized spacial score (nSPS) is 11.8. The van der Waals surface area contributed by atoms with Gasteiger partial charge >= 0.3 is 0 Å². The molecule has 9 heteroatoms. The van der Waals surface area contributed by atoms with E-state index in [0.717, 1.165) is 53.8 Å². The first-order chi connectivity index (χ1) is 20.9. The van der Waals surface area contributed by atoms with E-state index in [2.05, 4.69) is 20.1 Å². The molecule has 0 saturated heterocycles. The molecule has 3 N–H and O–H groups in total. The van der Waals surface area contributed by atoms with Crippen molar-refractivity contribution in [3.8, 4) is 17.0 Å². The number of methoxy groups -OCH3 is 1. The van der Waals surface area contributed by atoms with Crippen LogP contribution in [0.1, 0.15) is 59.2 Å². The second kappa shape index (κ2) is 17.1. The molecule has 43 heavy (non-hydrogen) atoms. The number of ether oxygens (including phenoxy) is 1. The molecule has 9 nitrogen and oxygen atoms in total. The summed E-state index contributed by atoms with van der Waals surface area (Å²) >= 11 is 0. The van der Waals surface area contributed by atoms with Crippen LogP contribution >= 0.6 is 0 Å². The van der Waals surface area contributed by atoms with E-state index in [9.17, 15) is 4.79 Å². The molecular formula is C34H51N7O2. The zero-order chi connectivity index (χ0) is 32.1. The number of para-hydroxylation sites is 1. The van der Waals surface area contributed by atoms with E-state index in [1.54, 1.807) is 17.9 Å². The largest absolute Gasteiger partial charge is 0.494 e. The van der Waals surface area contributed by atoms with E-state index < -0.39 is 0 Å². The van der Waals surface area contributed by atoms with Gasteiger partial charge in [0.1, 0.15) is 5.75 Å². The molecule has 4 aromatic rings. The first-order valence-corrected chi connectivity index (χ1v) is 15.4. The number of nitrogens with zero attached hydrogens (tertiary/aromatic N) is 5. The van der Waals surface area contributed by atoms with Crippen molar-refractivity contribution in [2.75, 3.05) is 57.3 Å². The van der Waals surface area contributed by atoms with Gasteiger partial charge in [0.25, 0.3) is 0 Å². The number of nitrogens with two attached hydrogens (primary N) is 1. The minimum absolute atomic E-state index is 0.120. The number of anilines is 4. The highest BCUT2D eigenvalue weighted by Crippen LogP contribution is 2.37. The lowest BCUT2D eigenvalue weighted by atomic mass is 10.1. The average molecular weight is 590 g/mol. The third-order valence-corrected chi connectivity index (χ3v) is 6.70. The highest BCUT2D eigenvalue weighted by atomic mass is 16.5. The Kier molecular flexibility index (Phi) is 14.0. The number of rotatable bonds is 9. The molecule has 0 bridgehead atoms. The van der Waals surface area contributed by atoms with E-state index >= 15 is 0 Å². The van der Waals surface area contributed by atoms with Crippen molar-refractivity contribution >= 4 is 39.8 Å². The number of fused-ring (bicyclic) bond motifs is 1. The number of nitrogen functional groups attached to an aromatic ring is 1. The van der Waals surface area contributed by atoms with Crippen molar-refractivity contribution in [1.82, 2.24) is 19.4 Å². The van der Waals surface area contributed by atoms with Gasteiger partial charge in [-0.05, 0) is 45.1 Å². The summed E-state index contributed by atoms with van der Waals surface area (Å²) in [6, 6.07) is 13.5. The minimum Gasteiger partial charge on any atom is -0.494 e. The molecule has 0 atom stereocenters. The monoisotopic (exact) mass is 589 g/mol. The Balaban J connectivity index is 0.00000101. The number of carbonyl (C=O) groups is 1. The topological polar surface area (TPSA) is 102 Å². The van der Waals surface area contributed by atoms with Crippen molar-refractivity contribution < 1.29 is 9.53 Å². The number of likely N-dealkylation sites (N-methyl/N-ethyl adjacent to an activating group) is 2. The van der Waals surface area contributed by atoms with Gasteiger partial charge in [-0.3, -0.25) is 9.36 Å². The van der Waals surface area contributed by atoms with Crippen LogP contribution in [0.3, 0.4) is 0 Å². The van der Waals surface area contributed by atoms with E-state index in [1.165, 1.54) is 0 Å². The van der Waals surface area contributed by atoms with E-state index in [4.69, 9.17) is 15.5 Å². The summed E-state index contributed by atoms with van der Waals surface area (Å²) < 4.78 is 7.44. The SMILES string of the molecule is CC.CC.CC.COc1cc(N(C)CCN(C)C)c(N)cc1Nc1nccc(-c2cn(C(=O)C3CC3)c3ccccc23)n1. The molecule has 234 valence electrons. The fraction of sp³-hybridized carbons (Fsp3) is 0.441. The standard InChI is InChI=1S/C28H33N7O2.3C2H6/c1-33(2)13-14-34(3)25-16-26(37-4)23(15-21(25)29)32-28-30-12-11-22(31-28)20-17-35(27(36)18-9-10-18)24-8-6-5-7-19(20)24;3*1-2/h5-8,11-12,15-18H,9-10,13-14,29H2,1-4H3,(H,30,31,32);3*1-2H3. The molecule has 0 spiro atoms. The van der Waals surface area contributed by atoms with Crippen LogP contribution in [0.2, 0.25) is 0 Å². The molecule has 1 fully saturated rings. The Morgan fingerprint density at radius 3 is 2.33 bits per heavy atom.